The van der Waals surface area contributed by atoms with Crippen LogP contribution in [-0.4, -0.2) is 61.3 Å². The summed E-state index contributed by atoms with van der Waals surface area (Å²) in [4.78, 5) is 27.7. The fraction of sp³-hybridized carbons (Fsp3) is 0.438. The number of piperidine rings is 1. The van der Waals surface area contributed by atoms with Crippen molar-refractivity contribution >= 4 is 30.4 Å². The van der Waals surface area contributed by atoms with Crippen LogP contribution in [0, 0.1) is 0 Å². The zero-order valence-electron chi connectivity index (χ0n) is 13.2. The molecule has 7 heteroatoms. The fourth-order valence-electron chi connectivity index (χ4n) is 2.63. The Labute approximate surface area is 135 Å². The Bertz CT molecular complexity index is 583. The Hall–Kier alpha value is -2.25. The monoisotopic (exact) mass is 318 g/mol. The number of carbonyl (C=O) groups excluding carboxylic acids is 2. The van der Waals surface area contributed by atoms with Crippen LogP contribution in [0.2, 0.25) is 0 Å². The number of aliphatic imine (C=N–C) groups is 1. The maximum atomic E-state index is 11.1. The van der Waals surface area contributed by atoms with Crippen molar-refractivity contribution in [3.8, 4) is 0 Å². The number of aliphatic hydroxyl groups is 1. The Kier molecular flexibility index (Phi) is 5.84. The third-order valence-electron chi connectivity index (χ3n) is 3.85. The average Bonchev–Trinajstić information content (AvgIpc) is 2.53. The van der Waals surface area contributed by atoms with Gasteiger partial charge in [0, 0.05) is 24.8 Å². The Morgan fingerprint density at radius 3 is 2.78 bits per heavy atom. The molecular weight excluding hydrogens is 296 g/mol. The molecular formula is C16H22N4O3. The van der Waals surface area contributed by atoms with Gasteiger partial charge >= 0.3 is 0 Å². The van der Waals surface area contributed by atoms with Gasteiger partial charge in [0.1, 0.15) is 0 Å². The lowest BCUT2D eigenvalue weighted by Crippen LogP contribution is -2.48. The smallest absolute Gasteiger partial charge is 0.211 e. The minimum atomic E-state index is -0.722. The predicted octanol–water partition coefficient (Wildman–Crippen LogP) is 0.773. The zero-order chi connectivity index (χ0) is 16.7. The van der Waals surface area contributed by atoms with E-state index in [2.05, 4.69) is 15.6 Å². The van der Waals surface area contributed by atoms with Crippen LogP contribution < -0.4 is 10.6 Å². The van der Waals surface area contributed by atoms with E-state index in [4.69, 9.17) is 0 Å². The van der Waals surface area contributed by atoms with Gasteiger partial charge in [-0.05, 0) is 44.1 Å². The number of likely N-dealkylation sites (N-methyl/N-ethyl adjacent to an activating group) is 1. The second-order valence-corrected chi connectivity index (χ2v) is 5.79. The first-order chi connectivity index (χ1) is 11.1. The van der Waals surface area contributed by atoms with Crippen molar-refractivity contribution in [1.82, 2.24) is 10.2 Å². The highest BCUT2D eigenvalue weighted by atomic mass is 16.3. The summed E-state index contributed by atoms with van der Waals surface area (Å²) in [6.45, 7) is 2.08. The summed E-state index contributed by atoms with van der Waals surface area (Å²) in [5, 5.41) is 16.3. The number of nitrogens with zero attached hydrogens (tertiary/aromatic N) is 2. The van der Waals surface area contributed by atoms with E-state index >= 15 is 0 Å². The maximum absolute atomic E-state index is 11.1. The first-order valence-corrected chi connectivity index (χ1v) is 7.53. The topological polar surface area (TPSA) is 94.0 Å². The third kappa shape index (κ3) is 4.87. The maximum Gasteiger partial charge on any atom is 0.211 e. The molecule has 0 spiro atoms. The Morgan fingerprint density at radius 1 is 1.39 bits per heavy atom. The van der Waals surface area contributed by atoms with Gasteiger partial charge in [0.05, 0.1) is 17.6 Å². The van der Waals surface area contributed by atoms with Gasteiger partial charge in [0.2, 0.25) is 6.41 Å². The summed E-state index contributed by atoms with van der Waals surface area (Å²) in [7, 11) is 1.83. The van der Waals surface area contributed by atoms with Crippen LogP contribution in [0.3, 0.4) is 0 Å². The van der Waals surface area contributed by atoms with Crippen molar-refractivity contribution in [1.29, 1.82) is 0 Å². The van der Waals surface area contributed by atoms with Crippen LogP contribution in [0.5, 0.6) is 0 Å². The molecule has 0 bridgehead atoms. The molecule has 1 amide bonds. The second-order valence-electron chi connectivity index (χ2n) is 5.79. The van der Waals surface area contributed by atoms with Gasteiger partial charge in [-0.1, -0.05) is 0 Å². The molecule has 23 heavy (non-hydrogen) atoms. The highest BCUT2D eigenvalue weighted by molar-refractivity contribution is 5.87. The number of hydrogen-bond acceptors (Lipinski definition) is 5. The summed E-state index contributed by atoms with van der Waals surface area (Å²) in [5.41, 5.74) is 0.750. The quantitative estimate of drug-likeness (QED) is 0.392. The summed E-state index contributed by atoms with van der Waals surface area (Å²) in [6, 6.07) is 4.87. The molecule has 7 nitrogen and oxygen atoms in total. The molecule has 1 saturated heterocycles. The van der Waals surface area contributed by atoms with Crippen molar-refractivity contribution in [3.05, 3.63) is 23.8 Å². The molecule has 0 atom stereocenters. The number of aldehydes is 1. The summed E-state index contributed by atoms with van der Waals surface area (Å²) >= 11 is 0. The first-order valence-electron chi connectivity index (χ1n) is 7.53. The number of hydrogen-bond donors (Lipinski definition) is 3. The van der Waals surface area contributed by atoms with Gasteiger partial charge in [-0.15, -0.1) is 0 Å². The molecule has 1 aromatic rings. The largest absolute Gasteiger partial charge is 0.388 e. The van der Waals surface area contributed by atoms with Gasteiger partial charge in [-0.25, -0.2) is 4.99 Å². The number of rotatable bonds is 7. The second kappa shape index (κ2) is 7.85. The molecule has 124 valence electrons. The molecule has 0 saturated carbocycles. The van der Waals surface area contributed by atoms with Gasteiger partial charge in [-0.2, -0.15) is 0 Å². The molecule has 0 radical (unpaired) electrons. The molecule has 1 aliphatic heterocycles. The van der Waals surface area contributed by atoms with Gasteiger partial charge in [0.25, 0.3) is 0 Å². The van der Waals surface area contributed by atoms with E-state index in [-0.39, 0.29) is 0 Å². The summed E-state index contributed by atoms with van der Waals surface area (Å²) in [6.07, 6.45) is 4.28. The van der Waals surface area contributed by atoms with Crippen molar-refractivity contribution in [2.75, 3.05) is 32.0 Å². The number of benzene rings is 1. The molecule has 0 unspecified atom stereocenters. The van der Waals surface area contributed by atoms with Crippen molar-refractivity contribution in [2.24, 2.45) is 4.99 Å². The minimum Gasteiger partial charge on any atom is -0.388 e. The van der Waals surface area contributed by atoms with Crippen LogP contribution in [-0.2, 0) is 4.79 Å². The fourth-order valence-corrected chi connectivity index (χ4v) is 2.63. The molecule has 0 aliphatic carbocycles. The molecule has 3 N–H and O–H groups in total. The highest BCUT2D eigenvalue weighted by Gasteiger charge is 2.29. The Morgan fingerprint density at radius 2 is 2.13 bits per heavy atom. The summed E-state index contributed by atoms with van der Waals surface area (Å²) in [5.74, 6) is 0. The van der Waals surface area contributed by atoms with Crippen LogP contribution in [0.4, 0.5) is 11.4 Å². The molecule has 1 heterocycles. The standard InChI is InChI=1S/C16H22N4O3/c1-20(10-16(23)4-6-17-7-5-16)11-18-15-8-14(19-12-22)3-2-13(15)9-21/h2-3,8-9,11-12,17,23H,4-7,10H2,1H3,(H,19,22). The van der Waals surface area contributed by atoms with E-state index in [0.717, 1.165) is 19.4 Å². The third-order valence-corrected chi connectivity index (χ3v) is 3.85. The molecule has 0 aromatic heterocycles. The first kappa shape index (κ1) is 17.1. The van der Waals surface area contributed by atoms with Gasteiger partial charge < -0.3 is 20.6 Å². The van der Waals surface area contributed by atoms with E-state index in [1.54, 1.807) is 29.4 Å². The van der Waals surface area contributed by atoms with Crippen molar-refractivity contribution in [3.63, 3.8) is 0 Å². The SMILES string of the molecule is CN(C=Nc1cc(NC=O)ccc1C=O)CC1(O)CCNCC1. The summed E-state index contributed by atoms with van der Waals surface area (Å²) < 4.78 is 0. The number of amides is 1. The lowest BCUT2D eigenvalue weighted by atomic mass is 9.92. The lowest BCUT2D eigenvalue weighted by Gasteiger charge is -2.35. The van der Waals surface area contributed by atoms with Crippen LogP contribution in [0.15, 0.2) is 23.2 Å². The number of nitrogens with one attached hydrogen (secondary N) is 2. The lowest BCUT2D eigenvalue weighted by molar-refractivity contribution is -0.105. The van der Waals surface area contributed by atoms with Gasteiger partial charge in [0.15, 0.2) is 6.29 Å². The van der Waals surface area contributed by atoms with E-state index in [1.807, 2.05) is 7.05 Å². The van der Waals surface area contributed by atoms with E-state index in [9.17, 15) is 14.7 Å². The van der Waals surface area contributed by atoms with Crippen LogP contribution in [0.25, 0.3) is 0 Å². The number of carbonyl (C=O) groups is 2. The molecule has 1 fully saturated rings. The van der Waals surface area contributed by atoms with E-state index in [0.29, 0.717) is 42.7 Å². The van der Waals surface area contributed by atoms with Crippen LogP contribution >= 0.6 is 0 Å². The van der Waals surface area contributed by atoms with E-state index in [1.165, 1.54) is 0 Å². The van der Waals surface area contributed by atoms with Gasteiger partial charge in [-0.3, -0.25) is 9.59 Å². The minimum absolute atomic E-state index is 0.437. The van der Waals surface area contributed by atoms with E-state index < -0.39 is 5.60 Å². The molecule has 2 rings (SSSR count). The average molecular weight is 318 g/mol. The normalized spacial score (nSPS) is 17.0. The van der Waals surface area contributed by atoms with Crippen molar-refractivity contribution in [2.45, 2.75) is 18.4 Å². The number of anilines is 1. The highest BCUT2D eigenvalue weighted by Crippen LogP contribution is 2.23. The Balaban J connectivity index is 2.07. The van der Waals surface area contributed by atoms with Crippen molar-refractivity contribution < 1.29 is 14.7 Å². The molecule has 1 aromatic carbocycles. The molecule has 1 aliphatic rings. The zero-order valence-corrected chi connectivity index (χ0v) is 13.2. The van der Waals surface area contributed by atoms with Crippen LogP contribution in [0.1, 0.15) is 23.2 Å². The predicted molar refractivity (Wildman–Crippen MR) is 89.4 cm³/mol.